The van der Waals surface area contributed by atoms with E-state index in [4.69, 9.17) is 0 Å². The van der Waals surface area contributed by atoms with Crippen molar-refractivity contribution >= 4 is 22.9 Å². The van der Waals surface area contributed by atoms with Gasteiger partial charge in [0.05, 0.1) is 6.54 Å². The van der Waals surface area contributed by atoms with Crippen LogP contribution in [0, 0.1) is 11.6 Å². The number of likely N-dealkylation sites (tertiary alicyclic amines) is 1. The van der Waals surface area contributed by atoms with Crippen molar-refractivity contribution in [2.45, 2.75) is 18.9 Å². The van der Waals surface area contributed by atoms with Gasteiger partial charge in [0.25, 0.3) is 0 Å². The molecular weight excluding hydrogens is 306 g/mol. The fourth-order valence-electron chi connectivity index (χ4n) is 2.80. The maximum atomic E-state index is 13.6. The first kappa shape index (κ1) is 15.1. The number of rotatable bonds is 4. The van der Waals surface area contributed by atoms with Gasteiger partial charge in [-0.1, -0.05) is 12.1 Å². The maximum absolute atomic E-state index is 13.6. The Bertz CT molecular complexity index is 640. The molecule has 0 spiro atoms. The number of nitrogens with zero attached hydrogens (tertiary/aromatic N) is 1. The fourth-order valence-corrected chi connectivity index (χ4v) is 3.69. The summed E-state index contributed by atoms with van der Waals surface area (Å²) < 4.78 is 27.1. The minimum atomic E-state index is -0.760. The minimum Gasteiger partial charge on any atom is -0.320 e. The molecular formula is C16H16F2N2OS. The van der Waals surface area contributed by atoms with E-state index in [-0.39, 0.29) is 18.3 Å². The number of nitrogens with one attached hydrogen (secondary N) is 1. The molecule has 1 amide bonds. The zero-order chi connectivity index (χ0) is 15.5. The summed E-state index contributed by atoms with van der Waals surface area (Å²) in [6, 6.07) is 7.80. The number of amides is 1. The monoisotopic (exact) mass is 322 g/mol. The lowest BCUT2D eigenvalue weighted by atomic mass is 10.2. The van der Waals surface area contributed by atoms with Gasteiger partial charge < -0.3 is 5.32 Å². The molecule has 0 bridgehead atoms. The minimum absolute atomic E-state index is 0.135. The number of thiophene rings is 1. The van der Waals surface area contributed by atoms with E-state index in [0.717, 1.165) is 31.5 Å². The van der Waals surface area contributed by atoms with Crippen LogP contribution in [0.2, 0.25) is 0 Å². The largest absolute Gasteiger partial charge is 0.320 e. The summed E-state index contributed by atoms with van der Waals surface area (Å²) in [5.74, 6) is -1.92. The molecule has 1 aromatic heterocycles. The first-order chi connectivity index (χ1) is 10.6. The second-order valence-electron chi connectivity index (χ2n) is 5.29. The topological polar surface area (TPSA) is 32.3 Å². The van der Waals surface area contributed by atoms with Crippen LogP contribution in [0.5, 0.6) is 0 Å². The number of para-hydroxylation sites is 1. The van der Waals surface area contributed by atoms with Crippen LogP contribution >= 0.6 is 11.3 Å². The van der Waals surface area contributed by atoms with E-state index in [1.807, 2.05) is 11.4 Å². The fraction of sp³-hybridized carbons (Fsp3) is 0.312. The molecule has 2 heterocycles. The van der Waals surface area contributed by atoms with Crippen molar-refractivity contribution in [3.63, 3.8) is 0 Å². The highest BCUT2D eigenvalue weighted by Gasteiger charge is 2.28. The van der Waals surface area contributed by atoms with Crippen LogP contribution in [0.25, 0.3) is 0 Å². The van der Waals surface area contributed by atoms with E-state index in [0.29, 0.717) is 0 Å². The number of hydrogen-bond acceptors (Lipinski definition) is 3. The number of anilines is 1. The van der Waals surface area contributed by atoms with E-state index in [2.05, 4.69) is 16.3 Å². The van der Waals surface area contributed by atoms with Crippen molar-refractivity contribution in [3.8, 4) is 0 Å². The number of hydrogen-bond donors (Lipinski definition) is 1. The highest BCUT2D eigenvalue weighted by atomic mass is 32.1. The highest BCUT2D eigenvalue weighted by molar-refractivity contribution is 7.10. The van der Waals surface area contributed by atoms with Gasteiger partial charge in [-0.3, -0.25) is 9.69 Å². The highest BCUT2D eigenvalue weighted by Crippen LogP contribution is 2.34. The lowest BCUT2D eigenvalue weighted by molar-refractivity contribution is -0.117. The summed E-state index contributed by atoms with van der Waals surface area (Å²) in [6.45, 7) is 0.950. The van der Waals surface area contributed by atoms with Gasteiger partial charge in [0.2, 0.25) is 5.91 Å². The molecule has 6 heteroatoms. The van der Waals surface area contributed by atoms with Crippen molar-refractivity contribution in [1.29, 1.82) is 0 Å². The molecule has 1 fully saturated rings. The van der Waals surface area contributed by atoms with Crippen LogP contribution < -0.4 is 5.32 Å². The molecule has 1 saturated heterocycles. The van der Waals surface area contributed by atoms with Crippen LogP contribution in [-0.4, -0.2) is 23.9 Å². The van der Waals surface area contributed by atoms with Crippen LogP contribution in [-0.2, 0) is 4.79 Å². The molecule has 1 aliphatic heterocycles. The molecule has 1 N–H and O–H groups in total. The third-order valence-electron chi connectivity index (χ3n) is 3.81. The van der Waals surface area contributed by atoms with Crippen molar-refractivity contribution in [3.05, 3.63) is 52.2 Å². The lowest BCUT2D eigenvalue weighted by Crippen LogP contribution is -2.33. The third kappa shape index (κ3) is 3.18. The molecule has 2 aromatic rings. The standard InChI is InChI=1S/C16H16F2N2OS/c17-11-4-1-5-12(18)16(11)19-15(21)10-20-8-2-6-13(20)14-7-3-9-22-14/h1,3-5,7,9,13H,2,6,8,10H2,(H,19,21). The number of carbonyl (C=O) groups excluding carboxylic acids is 1. The summed E-state index contributed by atoms with van der Waals surface area (Å²) in [7, 11) is 0. The second-order valence-corrected chi connectivity index (χ2v) is 6.27. The Kier molecular flexibility index (Phi) is 4.49. The lowest BCUT2D eigenvalue weighted by Gasteiger charge is -2.23. The molecule has 1 aliphatic rings. The Labute approximate surface area is 131 Å². The molecule has 1 aromatic carbocycles. The summed E-state index contributed by atoms with van der Waals surface area (Å²) >= 11 is 1.67. The van der Waals surface area contributed by atoms with Gasteiger partial charge in [-0.2, -0.15) is 0 Å². The van der Waals surface area contributed by atoms with Crippen molar-refractivity contribution in [2.24, 2.45) is 0 Å². The van der Waals surface area contributed by atoms with E-state index in [1.165, 1.54) is 10.9 Å². The van der Waals surface area contributed by atoms with E-state index >= 15 is 0 Å². The van der Waals surface area contributed by atoms with Crippen LogP contribution in [0.15, 0.2) is 35.7 Å². The van der Waals surface area contributed by atoms with Gasteiger partial charge in [-0.25, -0.2) is 8.78 Å². The molecule has 1 atom stereocenters. The van der Waals surface area contributed by atoms with Crippen molar-refractivity contribution in [1.82, 2.24) is 4.90 Å². The SMILES string of the molecule is O=C(CN1CCCC1c1cccs1)Nc1c(F)cccc1F. The Balaban J connectivity index is 1.67. The van der Waals surface area contributed by atoms with Crippen LogP contribution in [0.1, 0.15) is 23.8 Å². The van der Waals surface area contributed by atoms with E-state index < -0.39 is 17.5 Å². The first-order valence-corrected chi connectivity index (χ1v) is 8.04. The van der Waals surface area contributed by atoms with Gasteiger partial charge in [0, 0.05) is 10.9 Å². The Morgan fingerprint density at radius 2 is 2.05 bits per heavy atom. The molecule has 3 nitrogen and oxygen atoms in total. The smallest absolute Gasteiger partial charge is 0.238 e. The van der Waals surface area contributed by atoms with Crippen molar-refractivity contribution in [2.75, 3.05) is 18.4 Å². The summed E-state index contributed by atoms with van der Waals surface area (Å²) in [5.41, 5.74) is -0.376. The predicted molar refractivity (Wildman–Crippen MR) is 82.9 cm³/mol. The summed E-state index contributed by atoms with van der Waals surface area (Å²) in [6.07, 6.45) is 2.02. The van der Waals surface area contributed by atoms with Gasteiger partial charge in [-0.15, -0.1) is 11.3 Å². The maximum Gasteiger partial charge on any atom is 0.238 e. The molecule has 22 heavy (non-hydrogen) atoms. The average Bonchev–Trinajstić information content (AvgIpc) is 3.13. The Morgan fingerprint density at radius 1 is 1.27 bits per heavy atom. The Hall–Kier alpha value is -1.79. The summed E-state index contributed by atoms with van der Waals surface area (Å²) in [5, 5.41) is 4.36. The quantitative estimate of drug-likeness (QED) is 0.928. The second kappa shape index (κ2) is 6.54. The van der Waals surface area contributed by atoms with Gasteiger partial charge in [0.1, 0.15) is 17.3 Å². The van der Waals surface area contributed by atoms with Gasteiger partial charge in [-0.05, 0) is 43.0 Å². The number of halogens is 2. The third-order valence-corrected chi connectivity index (χ3v) is 4.78. The first-order valence-electron chi connectivity index (χ1n) is 7.16. The molecule has 0 radical (unpaired) electrons. The van der Waals surface area contributed by atoms with Gasteiger partial charge >= 0.3 is 0 Å². The summed E-state index contributed by atoms with van der Waals surface area (Å²) in [4.78, 5) is 15.4. The number of benzene rings is 1. The molecule has 0 saturated carbocycles. The van der Waals surface area contributed by atoms with Gasteiger partial charge in [0.15, 0.2) is 0 Å². The van der Waals surface area contributed by atoms with E-state index in [1.54, 1.807) is 11.3 Å². The van der Waals surface area contributed by atoms with Crippen molar-refractivity contribution < 1.29 is 13.6 Å². The molecule has 116 valence electrons. The van der Waals surface area contributed by atoms with Crippen LogP contribution in [0.3, 0.4) is 0 Å². The molecule has 3 rings (SSSR count). The average molecular weight is 322 g/mol. The number of carbonyl (C=O) groups is 1. The Morgan fingerprint density at radius 3 is 2.73 bits per heavy atom. The zero-order valence-corrected chi connectivity index (χ0v) is 12.7. The zero-order valence-electron chi connectivity index (χ0n) is 11.9. The molecule has 0 aliphatic carbocycles. The van der Waals surface area contributed by atoms with E-state index in [9.17, 15) is 13.6 Å². The van der Waals surface area contributed by atoms with Crippen LogP contribution in [0.4, 0.5) is 14.5 Å². The normalized spacial score (nSPS) is 18.5. The molecule has 1 unspecified atom stereocenters. The predicted octanol–water partition coefficient (Wildman–Crippen LogP) is 3.80.